The minimum Gasteiger partial charge on any atom is -0.403 e. The summed E-state index contributed by atoms with van der Waals surface area (Å²) in [6, 6.07) is 0. The molecular formula is C9H16ClN3O. The standard InChI is InChI=1S/C9H16ClN3O/c1-14-7-2-6(3-7)5-13-9(10)8(12)4-11/h4,6-7H,2-3,5,11-12H2,1H3. The lowest BCUT2D eigenvalue weighted by atomic mass is 9.82. The first-order valence-electron chi connectivity index (χ1n) is 4.57. The molecule has 5 heteroatoms. The zero-order valence-corrected chi connectivity index (χ0v) is 9.00. The predicted molar refractivity (Wildman–Crippen MR) is 58.1 cm³/mol. The second-order valence-electron chi connectivity index (χ2n) is 3.45. The van der Waals surface area contributed by atoms with Gasteiger partial charge in [-0.25, -0.2) is 0 Å². The zero-order chi connectivity index (χ0) is 10.6. The van der Waals surface area contributed by atoms with Crippen molar-refractivity contribution in [2.45, 2.75) is 18.9 Å². The maximum atomic E-state index is 5.77. The first-order chi connectivity index (χ1) is 6.67. The number of methoxy groups -OCH3 is 1. The highest BCUT2D eigenvalue weighted by Crippen LogP contribution is 2.29. The molecule has 14 heavy (non-hydrogen) atoms. The molecule has 0 bridgehead atoms. The van der Waals surface area contributed by atoms with Gasteiger partial charge >= 0.3 is 0 Å². The molecule has 0 aromatic rings. The van der Waals surface area contributed by atoms with Crippen LogP contribution in [-0.2, 0) is 4.74 Å². The SMILES string of the molecule is COC1CC(CN=C(Cl)C(N)=CN)C1. The molecule has 0 aliphatic heterocycles. The highest BCUT2D eigenvalue weighted by molar-refractivity contribution is 6.69. The molecule has 4 N–H and O–H groups in total. The third kappa shape index (κ3) is 2.89. The fourth-order valence-corrected chi connectivity index (χ4v) is 1.52. The van der Waals surface area contributed by atoms with E-state index in [1.165, 1.54) is 6.20 Å². The Kier molecular flexibility index (Phi) is 4.22. The van der Waals surface area contributed by atoms with Gasteiger partial charge in [0.15, 0.2) is 0 Å². The van der Waals surface area contributed by atoms with Gasteiger partial charge in [-0.3, -0.25) is 4.99 Å². The van der Waals surface area contributed by atoms with Crippen molar-refractivity contribution in [3.8, 4) is 0 Å². The van der Waals surface area contributed by atoms with E-state index in [1.807, 2.05) is 0 Å². The largest absolute Gasteiger partial charge is 0.403 e. The molecule has 0 heterocycles. The summed E-state index contributed by atoms with van der Waals surface area (Å²) < 4.78 is 5.15. The smallest absolute Gasteiger partial charge is 0.148 e. The number of ether oxygens (including phenoxy) is 1. The topological polar surface area (TPSA) is 73.6 Å². The second kappa shape index (κ2) is 5.22. The van der Waals surface area contributed by atoms with E-state index in [9.17, 15) is 0 Å². The van der Waals surface area contributed by atoms with Crippen LogP contribution in [0.25, 0.3) is 0 Å². The van der Waals surface area contributed by atoms with Crippen LogP contribution in [0.1, 0.15) is 12.8 Å². The summed E-state index contributed by atoms with van der Waals surface area (Å²) in [4.78, 5) is 4.14. The molecule has 80 valence electrons. The van der Waals surface area contributed by atoms with Gasteiger partial charge in [0.25, 0.3) is 0 Å². The minimum atomic E-state index is 0.299. The molecule has 0 aromatic carbocycles. The molecule has 0 atom stereocenters. The van der Waals surface area contributed by atoms with Gasteiger partial charge in [0.2, 0.25) is 0 Å². The minimum absolute atomic E-state index is 0.299. The van der Waals surface area contributed by atoms with Crippen LogP contribution < -0.4 is 11.5 Å². The van der Waals surface area contributed by atoms with E-state index in [-0.39, 0.29) is 0 Å². The Hall–Kier alpha value is -0.740. The molecule has 1 aliphatic carbocycles. The monoisotopic (exact) mass is 217 g/mol. The summed E-state index contributed by atoms with van der Waals surface area (Å²) in [5.41, 5.74) is 11.0. The number of rotatable bonds is 4. The van der Waals surface area contributed by atoms with Gasteiger partial charge in [-0.05, 0) is 18.8 Å². The average Bonchev–Trinajstić information content (AvgIpc) is 2.14. The molecule has 0 spiro atoms. The third-order valence-electron chi connectivity index (χ3n) is 2.43. The molecular weight excluding hydrogens is 202 g/mol. The summed E-state index contributed by atoms with van der Waals surface area (Å²) in [5.74, 6) is 0.569. The average molecular weight is 218 g/mol. The normalized spacial score (nSPS) is 28.7. The van der Waals surface area contributed by atoms with Gasteiger partial charge in [0.05, 0.1) is 11.8 Å². The molecule has 1 fully saturated rings. The summed E-state index contributed by atoms with van der Waals surface area (Å²) in [6.45, 7) is 0.702. The summed E-state index contributed by atoms with van der Waals surface area (Å²) >= 11 is 5.77. The number of hydrogen-bond acceptors (Lipinski definition) is 4. The Morgan fingerprint density at radius 3 is 2.79 bits per heavy atom. The van der Waals surface area contributed by atoms with Gasteiger partial charge in [-0.2, -0.15) is 0 Å². The Morgan fingerprint density at radius 2 is 2.29 bits per heavy atom. The summed E-state index contributed by atoms with van der Waals surface area (Å²) in [6.07, 6.45) is 3.76. The summed E-state index contributed by atoms with van der Waals surface area (Å²) in [5, 5.41) is 0.299. The highest BCUT2D eigenvalue weighted by Gasteiger charge is 2.28. The first kappa shape index (κ1) is 11.3. The van der Waals surface area contributed by atoms with Crippen LogP contribution in [0.5, 0.6) is 0 Å². The van der Waals surface area contributed by atoms with Crippen LogP contribution >= 0.6 is 11.6 Å². The lowest BCUT2D eigenvalue weighted by Gasteiger charge is -2.32. The number of nitrogens with two attached hydrogens (primary N) is 2. The van der Waals surface area contributed by atoms with E-state index < -0.39 is 0 Å². The Morgan fingerprint density at radius 1 is 1.64 bits per heavy atom. The van der Waals surface area contributed by atoms with E-state index in [1.54, 1.807) is 7.11 Å². The van der Waals surface area contributed by atoms with Crippen LogP contribution in [0.2, 0.25) is 0 Å². The second-order valence-corrected chi connectivity index (χ2v) is 3.81. The molecule has 1 rings (SSSR count). The molecule has 4 nitrogen and oxygen atoms in total. The van der Waals surface area contributed by atoms with E-state index in [4.69, 9.17) is 27.8 Å². The zero-order valence-electron chi connectivity index (χ0n) is 8.24. The van der Waals surface area contributed by atoms with E-state index >= 15 is 0 Å². The van der Waals surface area contributed by atoms with E-state index in [2.05, 4.69) is 4.99 Å². The predicted octanol–water partition coefficient (Wildman–Crippen LogP) is 0.808. The number of hydrogen-bond donors (Lipinski definition) is 2. The van der Waals surface area contributed by atoms with Gasteiger partial charge in [0, 0.05) is 19.9 Å². The van der Waals surface area contributed by atoms with E-state index in [0.29, 0.717) is 29.4 Å². The van der Waals surface area contributed by atoms with Crippen LogP contribution in [0.3, 0.4) is 0 Å². The lowest BCUT2D eigenvalue weighted by molar-refractivity contribution is 0.00451. The number of aliphatic imine (C=N–C) groups is 1. The Labute approximate surface area is 89.0 Å². The number of halogens is 1. The molecule has 1 aliphatic rings. The van der Waals surface area contributed by atoms with Crippen LogP contribution in [0.15, 0.2) is 16.9 Å². The van der Waals surface area contributed by atoms with Crippen molar-refractivity contribution in [2.24, 2.45) is 22.4 Å². The molecule has 1 saturated carbocycles. The molecule has 0 radical (unpaired) electrons. The van der Waals surface area contributed by atoms with Gasteiger partial charge in [-0.15, -0.1) is 0 Å². The quantitative estimate of drug-likeness (QED) is 0.685. The Bertz CT molecular complexity index is 246. The van der Waals surface area contributed by atoms with Crippen molar-refractivity contribution < 1.29 is 4.74 Å². The van der Waals surface area contributed by atoms with Crippen LogP contribution in [-0.4, -0.2) is 24.9 Å². The van der Waals surface area contributed by atoms with Gasteiger partial charge in [0.1, 0.15) is 5.17 Å². The van der Waals surface area contributed by atoms with Crippen molar-refractivity contribution in [3.05, 3.63) is 11.9 Å². The highest BCUT2D eigenvalue weighted by atomic mass is 35.5. The Balaban J connectivity index is 2.27. The molecule has 0 saturated heterocycles. The van der Waals surface area contributed by atoms with Gasteiger partial charge in [-0.1, -0.05) is 11.6 Å². The van der Waals surface area contributed by atoms with Crippen molar-refractivity contribution >= 4 is 16.8 Å². The van der Waals surface area contributed by atoms with Crippen LogP contribution in [0.4, 0.5) is 0 Å². The van der Waals surface area contributed by atoms with Crippen molar-refractivity contribution in [1.82, 2.24) is 0 Å². The molecule has 0 unspecified atom stereocenters. The fraction of sp³-hybridized carbons (Fsp3) is 0.667. The lowest BCUT2D eigenvalue weighted by Crippen LogP contribution is -2.32. The number of allylic oxidation sites excluding steroid dienone is 1. The third-order valence-corrected chi connectivity index (χ3v) is 2.77. The van der Waals surface area contributed by atoms with Crippen molar-refractivity contribution in [3.63, 3.8) is 0 Å². The fourth-order valence-electron chi connectivity index (χ4n) is 1.39. The van der Waals surface area contributed by atoms with Crippen molar-refractivity contribution in [1.29, 1.82) is 0 Å². The molecule has 0 amide bonds. The maximum absolute atomic E-state index is 5.77. The number of nitrogens with zero attached hydrogens (tertiary/aromatic N) is 1. The maximum Gasteiger partial charge on any atom is 0.148 e. The van der Waals surface area contributed by atoms with Crippen molar-refractivity contribution in [2.75, 3.05) is 13.7 Å². The summed E-state index contributed by atoms with van der Waals surface area (Å²) in [7, 11) is 1.73. The van der Waals surface area contributed by atoms with E-state index in [0.717, 1.165) is 12.8 Å². The first-order valence-corrected chi connectivity index (χ1v) is 4.95. The van der Waals surface area contributed by atoms with Crippen LogP contribution in [0, 0.1) is 5.92 Å². The van der Waals surface area contributed by atoms with Gasteiger partial charge < -0.3 is 16.2 Å². The molecule has 0 aromatic heterocycles.